The monoisotopic (exact) mass is 393 g/mol. The Balaban J connectivity index is 1.63. The predicted molar refractivity (Wildman–Crippen MR) is 104 cm³/mol. The first-order valence-corrected chi connectivity index (χ1v) is 11.0. The fourth-order valence-corrected chi connectivity index (χ4v) is 5.09. The second-order valence-corrected chi connectivity index (χ2v) is 9.75. The van der Waals surface area contributed by atoms with Crippen molar-refractivity contribution in [3.63, 3.8) is 0 Å². The molecule has 0 unspecified atom stereocenters. The number of rotatable bonds is 5. The van der Waals surface area contributed by atoms with Crippen LogP contribution in [-0.2, 0) is 14.8 Å². The summed E-state index contributed by atoms with van der Waals surface area (Å²) in [5.74, 6) is -0.808. The second-order valence-electron chi connectivity index (χ2n) is 7.81. The molecule has 0 aliphatic carbocycles. The van der Waals surface area contributed by atoms with Gasteiger partial charge in [0.1, 0.15) is 0 Å². The first-order chi connectivity index (χ1) is 12.7. The molecule has 1 aromatic carbocycles. The molecule has 0 bridgehead atoms. The summed E-state index contributed by atoms with van der Waals surface area (Å²) in [7, 11) is -3.59. The van der Waals surface area contributed by atoms with Gasteiger partial charge in [-0.25, -0.2) is 12.7 Å². The summed E-state index contributed by atoms with van der Waals surface area (Å²) in [6, 6.07) is 6.12. The molecule has 2 aliphatic heterocycles. The first kappa shape index (κ1) is 19.8. The standard InChI is InChI=1S/C19H27N3O4S/c1-19(2,21-11-4-3-5-12-21)14-20-18(24)15-6-8-16(9-7-15)22-17(23)10-13-27(22,25)26/h6-9H,3-5,10-14H2,1-2H3,(H,20,24). The van der Waals surface area contributed by atoms with Gasteiger partial charge in [-0.15, -0.1) is 0 Å². The maximum atomic E-state index is 12.5. The van der Waals surface area contributed by atoms with Gasteiger partial charge in [0.15, 0.2) is 0 Å². The van der Waals surface area contributed by atoms with Crippen molar-refractivity contribution in [3.05, 3.63) is 29.8 Å². The Labute approximate surface area is 160 Å². The second kappa shape index (κ2) is 7.59. The summed E-state index contributed by atoms with van der Waals surface area (Å²) in [6.45, 7) is 6.90. The fourth-order valence-electron chi connectivity index (χ4n) is 3.63. The molecule has 0 radical (unpaired) electrons. The molecule has 0 aromatic heterocycles. The lowest BCUT2D eigenvalue weighted by molar-refractivity contribution is -0.116. The molecular weight excluding hydrogens is 366 g/mol. The van der Waals surface area contributed by atoms with Gasteiger partial charge < -0.3 is 5.32 Å². The van der Waals surface area contributed by atoms with Gasteiger partial charge in [0, 0.05) is 24.1 Å². The third kappa shape index (κ3) is 4.32. The SMILES string of the molecule is CC(C)(CNC(=O)c1ccc(N2C(=O)CCS2(=O)=O)cc1)N1CCCCC1. The lowest BCUT2D eigenvalue weighted by Crippen LogP contribution is -2.53. The van der Waals surface area contributed by atoms with E-state index in [9.17, 15) is 18.0 Å². The summed E-state index contributed by atoms with van der Waals surface area (Å²) in [5, 5.41) is 2.97. The summed E-state index contributed by atoms with van der Waals surface area (Å²) in [6.07, 6.45) is 3.64. The molecule has 1 aromatic rings. The van der Waals surface area contributed by atoms with Crippen molar-refractivity contribution in [2.75, 3.05) is 29.7 Å². The van der Waals surface area contributed by atoms with Crippen LogP contribution in [0.2, 0.25) is 0 Å². The molecule has 2 aliphatic rings. The number of amides is 2. The minimum atomic E-state index is -3.59. The average molecular weight is 394 g/mol. The summed E-state index contributed by atoms with van der Waals surface area (Å²) >= 11 is 0. The molecule has 148 valence electrons. The van der Waals surface area contributed by atoms with Crippen LogP contribution in [0.5, 0.6) is 0 Å². The van der Waals surface area contributed by atoms with Gasteiger partial charge in [-0.3, -0.25) is 14.5 Å². The highest BCUT2D eigenvalue weighted by Crippen LogP contribution is 2.25. The van der Waals surface area contributed by atoms with Crippen molar-refractivity contribution < 1.29 is 18.0 Å². The lowest BCUT2D eigenvalue weighted by Gasteiger charge is -2.41. The van der Waals surface area contributed by atoms with E-state index in [4.69, 9.17) is 0 Å². The summed E-state index contributed by atoms with van der Waals surface area (Å²) in [4.78, 5) is 26.7. The average Bonchev–Trinajstić information content (AvgIpc) is 2.93. The Morgan fingerprint density at radius 2 is 1.74 bits per heavy atom. The van der Waals surface area contributed by atoms with Crippen molar-refractivity contribution in [3.8, 4) is 0 Å². The van der Waals surface area contributed by atoms with Crippen LogP contribution in [0.3, 0.4) is 0 Å². The lowest BCUT2D eigenvalue weighted by atomic mass is 9.98. The van der Waals surface area contributed by atoms with Crippen LogP contribution < -0.4 is 9.62 Å². The van der Waals surface area contributed by atoms with Crippen molar-refractivity contribution in [1.29, 1.82) is 0 Å². The number of piperidine rings is 1. The number of nitrogens with one attached hydrogen (secondary N) is 1. The molecule has 3 rings (SSSR count). The van der Waals surface area contributed by atoms with E-state index >= 15 is 0 Å². The van der Waals surface area contributed by atoms with E-state index < -0.39 is 15.9 Å². The molecule has 1 N–H and O–H groups in total. The predicted octanol–water partition coefficient (Wildman–Crippen LogP) is 1.75. The summed E-state index contributed by atoms with van der Waals surface area (Å²) < 4.78 is 24.8. The quantitative estimate of drug-likeness (QED) is 0.824. The van der Waals surface area contributed by atoms with Gasteiger partial charge in [0.05, 0.1) is 11.4 Å². The van der Waals surface area contributed by atoms with E-state index in [0.29, 0.717) is 12.1 Å². The van der Waals surface area contributed by atoms with Crippen molar-refractivity contribution in [1.82, 2.24) is 10.2 Å². The molecule has 2 amide bonds. The molecule has 2 heterocycles. The number of carbonyl (C=O) groups excluding carboxylic acids is 2. The highest BCUT2D eigenvalue weighted by molar-refractivity contribution is 7.94. The van der Waals surface area contributed by atoms with Crippen LogP contribution in [0.25, 0.3) is 0 Å². The van der Waals surface area contributed by atoms with Crippen molar-refractivity contribution >= 4 is 27.5 Å². The van der Waals surface area contributed by atoms with E-state index in [2.05, 4.69) is 24.1 Å². The van der Waals surface area contributed by atoms with Gasteiger partial charge in [-0.05, 0) is 64.0 Å². The van der Waals surface area contributed by atoms with E-state index in [-0.39, 0.29) is 29.3 Å². The Hall–Kier alpha value is -1.93. The molecular formula is C19H27N3O4S. The van der Waals surface area contributed by atoms with Gasteiger partial charge in [-0.2, -0.15) is 0 Å². The van der Waals surface area contributed by atoms with E-state index in [0.717, 1.165) is 17.4 Å². The Kier molecular flexibility index (Phi) is 5.58. The maximum Gasteiger partial charge on any atom is 0.251 e. The van der Waals surface area contributed by atoms with Crippen LogP contribution in [0.1, 0.15) is 49.9 Å². The number of likely N-dealkylation sites (tertiary alicyclic amines) is 1. The van der Waals surface area contributed by atoms with Gasteiger partial charge >= 0.3 is 0 Å². The molecule has 0 atom stereocenters. The molecule has 8 heteroatoms. The number of carbonyl (C=O) groups is 2. The molecule has 0 spiro atoms. The van der Waals surface area contributed by atoms with Crippen LogP contribution in [0, 0.1) is 0 Å². The van der Waals surface area contributed by atoms with Crippen LogP contribution in [-0.4, -0.2) is 56.1 Å². The number of nitrogens with zero attached hydrogens (tertiary/aromatic N) is 2. The molecule has 7 nitrogen and oxygen atoms in total. The Morgan fingerprint density at radius 1 is 1.11 bits per heavy atom. The first-order valence-electron chi connectivity index (χ1n) is 9.40. The van der Waals surface area contributed by atoms with Crippen molar-refractivity contribution in [2.45, 2.75) is 45.1 Å². The number of benzene rings is 1. The Morgan fingerprint density at radius 3 is 2.30 bits per heavy atom. The maximum absolute atomic E-state index is 12.5. The number of anilines is 1. The zero-order valence-corrected chi connectivity index (χ0v) is 16.7. The van der Waals surface area contributed by atoms with Gasteiger partial charge in [-0.1, -0.05) is 6.42 Å². The largest absolute Gasteiger partial charge is 0.350 e. The highest BCUT2D eigenvalue weighted by Gasteiger charge is 2.36. The topological polar surface area (TPSA) is 86.8 Å². The molecule has 2 fully saturated rings. The van der Waals surface area contributed by atoms with Crippen LogP contribution >= 0.6 is 0 Å². The van der Waals surface area contributed by atoms with E-state index in [1.807, 2.05) is 0 Å². The molecule has 0 saturated carbocycles. The highest BCUT2D eigenvalue weighted by atomic mass is 32.2. The number of hydrogen-bond acceptors (Lipinski definition) is 5. The van der Waals surface area contributed by atoms with E-state index in [1.54, 1.807) is 12.1 Å². The fraction of sp³-hybridized carbons (Fsp3) is 0.579. The Bertz CT molecular complexity index is 812. The minimum Gasteiger partial charge on any atom is -0.350 e. The third-order valence-corrected chi connectivity index (χ3v) is 7.03. The van der Waals surface area contributed by atoms with Gasteiger partial charge in [0.2, 0.25) is 15.9 Å². The zero-order chi connectivity index (χ0) is 19.7. The normalized spacial score (nSPS) is 20.7. The number of hydrogen-bond donors (Lipinski definition) is 1. The van der Waals surface area contributed by atoms with E-state index in [1.165, 1.54) is 31.4 Å². The molecule has 2 saturated heterocycles. The minimum absolute atomic E-state index is 0.00382. The summed E-state index contributed by atoms with van der Waals surface area (Å²) in [5.41, 5.74) is 0.603. The van der Waals surface area contributed by atoms with Crippen LogP contribution in [0.4, 0.5) is 5.69 Å². The third-order valence-electron chi connectivity index (χ3n) is 5.34. The number of sulfonamides is 1. The van der Waals surface area contributed by atoms with Crippen LogP contribution in [0.15, 0.2) is 24.3 Å². The zero-order valence-electron chi connectivity index (χ0n) is 15.9. The smallest absolute Gasteiger partial charge is 0.251 e. The van der Waals surface area contributed by atoms with Gasteiger partial charge in [0.25, 0.3) is 5.91 Å². The molecule has 27 heavy (non-hydrogen) atoms. The van der Waals surface area contributed by atoms with Crippen molar-refractivity contribution in [2.24, 2.45) is 0 Å².